The lowest BCUT2D eigenvalue weighted by molar-refractivity contribution is 0.672. The maximum Gasteiger partial charge on any atom is 0.156 e. The van der Waals surface area contributed by atoms with E-state index in [0.717, 1.165) is 49.1 Å². The molecule has 0 saturated heterocycles. The third kappa shape index (κ3) is 3.42. The minimum Gasteiger partial charge on any atom is -0.313 e. The zero-order valence-corrected chi connectivity index (χ0v) is 12.8. The van der Waals surface area contributed by atoms with E-state index in [1.807, 2.05) is 18.5 Å². The predicted octanol–water partition coefficient (Wildman–Crippen LogP) is 2.34. The highest BCUT2D eigenvalue weighted by Crippen LogP contribution is 2.12. The maximum atomic E-state index is 4.66. The fourth-order valence-electron chi connectivity index (χ4n) is 2.17. The van der Waals surface area contributed by atoms with Gasteiger partial charge in [0.25, 0.3) is 0 Å². The van der Waals surface area contributed by atoms with Crippen molar-refractivity contribution in [3.8, 4) is 5.82 Å². The van der Waals surface area contributed by atoms with E-state index >= 15 is 0 Å². The second-order valence-corrected chi connectivity index (χ2v) is 4.97. The molecule has 0 aliphatic heterocycles. The van der Waals surface area contributed by atoms with Crippen molar-refractivity contribution < 1.29 is 0 Å². The zero-order chi connectivity index (χ0) is 14.5. The summed E-state index contributed by atoms with van der Waals surface area (Å²) in [5, 5.41) is 7.84. The number of nitrogens with zero attached hydrogens (tertiary/aromatic N) is 4. The Morgan fingerprint density at radius 3 is 2.55 bits per heavy atom. The van der Waals surface area contributed by atoms with Crippen LogP contribution in [0.2, 0.25) is 0 Å². The van der Waals surface area contributed by atoms with E-state index in [1.54, 1.807) is 0 Å². The van der Waals surface area contributed by atoms with Crippen molar-refractivity contribution in [1.29, 1.82) is 0 Å². The number of hydrogen-bond donors (Lipinski definition) is 1. The molecule has 0 spiro atoms. The van der Waals surface area contributed by atoms with Gasteiger partial charge in [-0.05, 0) is 50.9 Å². The lowest BCUT2D eigenvalue weighted by Crippen LogP contribution is -2.15. The molecule has 2 heterocycles. The summed E-state index contributed by atoms with van der Waals surface area (Å²) in [4.78, 5) is 9.00. The van der Waals surface area contributed by atoms with Gasteiger partial charge in [0.1, 0.15) is 11.6 Å². The molecule has 5 heteroatoms. The summed E-state index contributed by atoms with van der Waals surface area (Å²) >= 11 is 0. The molecule has 0 aromatic carbocycles. The summed E-state index contributed by atoms with van der Waals surface area (Å²) in [7, 11) is 0. The number of pyridine rings is 1. The van der Waals surface area contributed by atoms with Gasteiger partial charge in [-0.15, -0.1) is 5.10 Å². The molecule has 0 atom stereocenters. The van der Waals surface area contributed by atoms with Crippen LogP contribution >= 0.6 is 0 Å². The van der Waals surface area contributed by atoms with Crippen LogP contribution in [0.15, 0.2) is 12.1 Å². The molecular weight excluding hydrogens is 250 g/mol. The van der Waals surface area contributed by atoms with Crippen molar-refractivity contribution >= 4 is 0 Å². The van der Waals surface area contributed by atoms with E-state index in [0.29, 0.717) is 0 Å². The van der Waals surface area contributed by atoms with E-state index in [-0.39, 0.29) is 0 Å². The van der Waals surface area contributed by atoms with Gasteiger partial charge in [-0.25, -0.2) is 9.97 Å². The van der Waals surface area contributed by atoms with E-state index in [1.165, 1.54) is 5.56 Å². The van der Waals surface area contributed by atoms with Gasteiger partial charge >= 0.3 is 0 Å². The van der Waals surface area contributed by atoms with Crippen molar-refractivity contribution in [2.24, 2.45) is 0 Å². The van der Waals surface area contributed by atoms with Crippen LogP contribution in [0.3, 0.4) is 0 Å². The fraction of sp³-hybridized carbons (Fsp3) is 0.533. The fourth-order valence-corrected chi connectivity index (χ4v) is 2.17. The lowest BCUT2D eigenvalue weighted by atomic mass is 10.2. The largest absolute Gasteiger partial charge is 0.313 e. The first-order valence-corrected chi connectivity index (χ1v) is 7.25. The van der Waals surface area contributed by atoms with E-state index < -0.39 is 0 Å². The molecule has 2 aromatic rings. The molecule has 0 saturated carbocycles. The summed E-state index contributed by atoms with van der Waals surface area (Å²) < 4.78 is 1.82. The summed E-state index contributed by atoms with van der Waals surface area (Å²) in [5.41, 5.74) is 2.33. The Bertz CT molecular complexity index is 574. The molecule has 0 fully saturated rings. The van der Waals surface area contributed by atoms with Crippen LogP contribution in [0.4, 0.5) is 0 Å². The van der Waals surface area contributed by atoms with Crippen molar-refractivity contribution in [2.45, 2.75) is 47.1 Å². The Labute approximate surface area is 120 Å². The summed E-state index contributed by atoms with van der Waals surface area (Å²) in [5.74, 6) is 2.50. The Hall–Kier alpha value is -1.75. The monoisotopic (exact) mass is 273 g/mol. The van der Waals surface area contributed by atoms with Crippen molar-refractivity contribution in [2.75, 3.05) is 6.54 Å². The van der Waals surface area contributed by atoms with Gasteiger partial charge < -0.3 is 5.32 Å². The van der Waals surface area contributed by atoms with Crippen molar-refractivity contribution in [1.82, 2.24) is 25.1 Å². The Kier molecular flexibility index (Phi) is 4.84. The number of rotatable bonds is 6. The van der Waals surface area contributed by atoms with Gasteiger partial charge in [0.15, 0.2) is 5.82 Å². The first-order chi connectivity index (χ1) is 9.63. The van der Waals surface area contributed by atoms with E-state index in [2.05, 4.69) is 46.4 Å². The second kappa shape index (κ2) is 6.61. The average molecular weight is 273 g/mol. The summed E-state index contributed by atoms with van der Waals surface area (Å²) in [6.07, 6.45) is 2.06. The molecule has 2 aromatic heterocycles. The van der Waals surface area contributed by atoms with Crippen LogP contribution in [0.1, 0.15) is 43.2 Å². The molecule has 1 N–H and O–H groups in total. The average Bonchev–Trinajstić information content (AvgIpc) is 2.77. The highest BCUT2D eigenvalue weighted by Gasteiger charge is 2.09. The number of hydrogen-bond acceptors (Lipinski definition) is 4. The van der Waals surface area contributed by atoms with Gasteiger partial charge in [0.05, 0.1) is 0 Å². The van der Waals surface area contributed by atoms with E-state index in [9.17, 15) is 0 Å². The third-order valence-electron chi connectivity index (χ3n) is 3.13. The van der Waals surface area contributed by atoms with Crippen LogP contribution in [0, 0.1) is 13.8 Å². The molecule has 2 rings (SSSR count). The SMILES string of the molecule is CCCNCc1cc(CC)nc(-n2nc(C)nc2C)c1. The van der Waals surface area contributed by atoms with Crippen LogP contribution in [-0.2, 0) is 13.0 Å². The first-order valence-electron chi connectivity index (χ1n) is 7.25. The summed E-state index contributed by atoms with van der Waals surface area (Å²) in [6, 6.07) is 4.24. The van der Waals surface area contributed by atoms with Crippen LogP contribution in [0.25, 0.3) is 5.82 Å². The third-order valence-corrected chi connectivity index (χ3v) is 3.13. The first kappa shape index (κ1) is 14.7. The van der Waals surface area contributed by atoms with Gasteiger partial charge in [0.2, 0.25) is 0 Å². The van der Waals surface area contributed by atoms with Crippen molar-refractivity contribution in [3.63, 3.8) is 0 Å². The van der Waals surface area contributed by atoms with Gasteiger partial charge in [-0.3, -0.25) is 0 Å². The molecule has 108 valence electrons. The Balaban J connectivity index is 2.32. The molecule has 0 bridgehead atoms. The molecule has 0 unspecified atom stereocenters. The van der Waals surface area contributed by atoms with Gasteiger partial charge in [-0.2, -0.15) is 4.68 Å². The molecule has 0 aliphatic rings. The normalized spacial score (nSPS) is 11.0. The zero-order valence-electron chi connectivity index (χ0n) is 12.8. The lowest BCUT2D eigenvalue weighted by Gasteiger charge is -2.09. The van der Waals surface area contributed by atoms with Gasteiger partial charge in [-0.1, -0.05) is 13.8 Å². The number of nitrogens with one attached hydrogen (secondary N) is 1. The van der Waals surface area contributed by atoms with Gasteiger partial charge in [0, 0.05) is 12.2 Å². The number of aryl methyl sites for hydroxylation is 3. The number of aromatic nitrogens is 4. The van der Waals surface area contributed by atoms with Crippen LogP contribution < -0.4 is 5.32 Å². The second-order valence-electron chi connectivity index (χ2n) is 4.97. The van der Waals surface area contributed by atoms with Crippen LogP contribution in [-0.4, -0.2) is 26.3 Å². The van der Waals surface area contributed by atoms with Crippen LogP contribution in [0.5, 0.6) is 0 Å². The molecule has 20 heavy (non-hydrogen) atoms. The maximum absolute atomic E-state index is 4.66. The smallest absolute Gasteiger partial charge is 0.156 e. The predicted molar refractivity (Wildman–Crippen MR) is 80.0 cm³/mol. The molecule has 0 aliphatic carbocycles. The van der Waals surface area contributed by atoms with Crippen molar-refractivity contribution in [3.05, 3.63) is 35.0 Å². The minimum absolute atomic E-state index is 0.775. The molecule has 0 amide bonds. The topological polar surface area (TPSA) is 55.6 Å². The standard InChI is InChI=1S/C15H23N5/c1-5-7-16-10-13-8-14(6-2)18-15(9-13)20-12(4)17-11(3)19-20/h8-9,16H,5-7,10H2,1-4H3. The molecular formula is C15H23N5. The Morgan fingerprint density at radius 2 is 1.95 bits per heavy atom. The highest BCUT2D eigenvalue weighted by molar-refractivity contribution is 5.31. The quantitative estimate of drug-likeness (QED) is 0.821. The minimum atomic E-state index is 0.775. The summed E-state index contributed by atoms with van der Waals surface area (Å²) in [6.45, 7) is 10.0. The Morgan fingerprint density at radius 1 is 1.15 bits per heavy atom. The highest BCUT2D eigenvalue weighted by atomic mass is 15.4. The molecule has 5 nitrogen and oxygen atoms in total. The molecule has 0 radical (unpaired) electrons. The van der Waals surface area contributed by atoms with E-state index in [4.69, 9.17) is 0 Å².